The summed E-state index contributed by atoms with van der Waals surface area (Å²) >= 11 is 0. The summed E-state index contributed by atoms with van der Waals surface area (Å²) in [5.41, 5.74) is 4.95. The van der Waals surface area contributed by atoms with Crippen molar-refractivity contribution in [3.63, 3.8) is 0 Å². The van der Waals surface area contributed by atoms with Crippen LogP contribution in [0.25, 0.3) is 16.9 Å². The second-order valence-electron chi connectivity index (χ2n) is 9.90. The summed E-state index contributed by atoms with van der Waals surface area (Å²) in [4.78, 5) is 37.9. The molecule has 1 amide bonds. The highest BCUT2D eigenvalue weighted by atomic mass is 16.3. The normalized spacial score (nSPS) is 24.4. The SMILES string of the molecule is C#CCNCc1ccc(-c2ccc(O)c3c2CC2CC4CC(=O)C(C(N)=O)=C(O)C4(O)C(=O)C2=C3O)cc1. The zero-order valence-corrected chi connectivity index (χ0v) is 20.3. The number of aliphatic hydroxyl groups excluding tert-OH is 2. The lowest BCUT2D eigenvalue weighted by Crippen LogP contribution is -2.58. The van der Waals surface area contributed by atoms with E-state index in [0.717, 1.165) is 16.7 Å². The van der Waals surface area contributed by atoms with Gasteiger partial charge in [-0.25, -0.2) is 0 Å². The van der Waals surface area contributed by atoms with Gasteiger partial charge >= 0.3 is 0 Å². The zero-order valence-electron chi connectivity index (χ0n) is 20.3. The third-order valence-corrected chi connectivity index (χ3v) is 7.77. The Hall–Kier alpha value is -4.39. The van der Waals surface area contributed by atoms with E-state index in [4.69, 9.17) is 12.2 Å². The molecule has 2 aromatic rings. The minimum absolute atomic E-state index is 0.0643. The van der Waals surface area contributed by atoms with Crippen LogP contribution >= 0.6 is 0 Å². The number of nitrogens with two attached hydrogens (primary N) is 1. The van der Waals surface area contributed by atoms with Crippen LogP contribution in [0.15, 0.2) is 53.3 Å². The van der Waals surface area contributed by atoms with Crippen LogP contribution in [-0.4, -0.2) is 50.0 Å². The van der Waals surface area contributed by atoms with Crippen molar-refractivity contribution in [3.05, 3.63) is 70.0 Å². The summed E-state index contributed by atoms with van der Waals surface area (Å²) in [7, 11) is 0. The average molecular weight is 515 g/mol. The lowest BCUT2D eigenvalue weighted by atomic mass is 9.59. The number of fused-ring (bicyclic) bond motifs is 3. The van der Waals surface area contributed by atoms with E-state index in [1.54, 1.807) is 6.07 Å². The molecule has 3 aliphatic carbocycles. The molecule has 9 nitrogen and oxygen atoms in total. The highest BCUT2D eigenvalue weighted by Gasteiger charge is 2.60. The van der Waals surface area contributed by atoms with E-state index in [1.807, 2.05) is 24.3 Å². The first-order valence-electron chi connectivity index (χ1n) is 12.1. The van der Waals surface area contributed by atoms with E-state index in [9.17, 15) is 34.8 Å². The molecule has 9 heteroatoms. The number of carbonyl (C=O) groups is 3. The molecular weight excluding hydrogens is 488 g/mol. The molecule has 3 unspecified atom stereocenters. The van der Waals surface area contributed by atoms with Crippen molar-refractivity contribution in [2.75, 3.05) is 6.54 Å². The number of hydrogen-bond donors (Lipinski definition) is 6. The van der Waals surface area contributed by atoms with Crippen LogP contribution < -0.4 is 11.1 Å². The maximum atomic E-state index is 13.6. The standard InChI is InChI=1S/C29H26N2O7/c1-2-9-31-13-14-3-5-15(6-4-14)18-7-8-20(32)23-19(18)11-16-10-17-12-21(33)24(28(30)37)27(36)29(17,38)26(35)22(16)25(23)34/h1,3-8,16-17,31-32,34,36,38H,9-13H2,(H2,30,37). The fraction of sp³-hybridized carbons (Fsp3) is 0.276. The first kappa shape index (κ1) is 25.3. The Morgan fingerprint density at radius 2 is 1.82 bits per heavy atom. The number of primary amides is 1. The lowest BCUT2D eigenvalue weighted by molar-refractivity contribution is -0.147. The topological polar surface area (TPSA) is 170 Å². The van der Waals surface area contributed by atoms with Gasteiger partial charge < -0.3 is 31.5 Å². The maximum absolute atomic E-state index is 13.6. The van der Waals surface area contributed by atoms with Crippen LogP contribution in [-0.2, 0) is 27.3 Å². The Labute approximate surface area is 218 Å². The smallest absolute Gasteiger partial charge is 0.255 e. The number of amides is 1. The van der Waals surface area contributed by atoms with Gasteiger partial charge in [0.1, 0.15) is 22.8 Å². The van der Waals surface area contributed by atoms with E-state index >= 15 is 0 Å². The van der Waals surface area contributed by atoms with Crippen molar-refractivity contribution in [2.24, 2.45) is 17.6 Å². The third kappa shape index (κ3) is 3.69. The van der Waals surface area contributed by atoms with Gasteiger partial charge in [-0.2, -0.15) is 0 Å². The first-order chi connectivity index (χ1) is 18.1. The predicted octanol–water partition coefficient (Wildman–Crippen LogP) is 1.81. The lowest BCUT2D eigenvalue weighted by Gasteiger charge is -2.46. The van der Waals surface area contributed by atoms with Gasteiger partial charge in [0.25, 0.3) is 5.91 Å². The number of aromatic hydroxyl groups is 1. The van der Waals surface area contributed by atoms with Gasteiger partial charge in [0.15, 0.2) is 11.4 Å². The molecule has 0 heterocycles. The molecule has 7 N–H and O–H groups in total. The van der Waals surface area contributed by atoms with Crippen molar-refractivity contribution in [1.29, 1.82) is 0 Å². The highest BCUT2D eigenvalue weighted by molar-refractivity contribution is 6.22. The summed E-state index contributed by atoms with van der Waals surface area (Å²) in [6.45, 7) is 1.04. The molecule has 3 aliphatic rings. The number of nitrogens with one attached hydrogen (secondary N) is 1. The number of carbonyl (C=O) groups excluding carboxylic acids is 3. The maximum Gasteiger partial charge on any atom is 0.255 e. The summed E-state index contributed by atoms with van der Waals surface area (Å²) in [5.74, 6) is -3.94. The zero-order chi connectivity index (χ0) is 27.4. The molecular formula is C29H26N2O7. The van der Waals surface area contributed by atoms with Crippen molar-refractivity contribution >= 4 is 23.2 Å². The molecule has 1 fully saturated rings. The van der Waals surface area contributed by atoms with Crippen molar-refractivity contribution < 1.29 is 34.8 Å². The van der Waals surface area contributed by atoms with Gasteiger partial charge in [-0.05, 0) is 47.1 Å². The second kappa shape index (κ2) is 9.17. The molecule has 194 valence electrons. The van der Waals surface area contributed by atoms with Crippen molar-refractivity contribution in [3.8, 4) is 29.2 Å². The van der Waals surface area contributed by atoms with Crippen LogP contribution in [0.3, 0.4) is 0 Å². The molecule has 38 heavy (non-hydrogen) atoms. The molecule has 0 aromatic heterocycles. The number of hydrogen-bond acceptors (Lipinski definition) is 8. The molecule has 3 atom stereocenters. The van der Waals surface area contributed by atoms with Crippen LogP contribution in [0, 0.1) is 24.2 Å². The summed E-state index contributed by atoms with van der Waals surface area (Å²) in [6.07, 6.45) is 5.23. The molecule has 0 bridgehead atoms. The monoisotopic (exact) mass is 514 g/mol. The number of phenolic OH excluding ortho intramolecular Hbond substituents is 1. The highest BCUT2D eigenvalue weighted by Crippen LogP contribution is 2.53. The van der Waals surface area contributed by atoms with Gasteiger partial charge in [-0.1, -0.05) is 36.3 Å². The van der Waals surface area contributed by atoms with Gasteiger partial charge in [0.05, 0.1) is 12.1 Å². The average Bonchev–Trinajstić information content (AvgIpc) is 2.87. The predicted molar refractivity (Wildman–Crippen MR) is 137 cm³/mol. The fourth-order valence-corrected chi connectivity index (χ4v) is 5.97. The van der Waals surface area contributed by atoms with Crippen molar-refractivity contribution in [2.45, 2.75) is 31.4 Å². The molecule has 0 aliphatic heterocycles. The van der Waals surface area contributed by atoms with E-state index in [2.05, 4.69) is 11.2 Å². The molecule has 0 spiro atoms. The van der Waals surface area contributed by atoms with Gasteiger partial charge in [-0.15, -0.1) is 6.42 Å². The Morgan fingerprint density at radius 1 is 1.11 bits per heavy atom. The largest absolute Gasteiger partial charge is 0.508 e. The number of aliphatic hydroxyl groups is 3. The van der Waals surface area contributed by atoms with Gasteiger partial charge in [0, 0.05) is 24.5 Å². The minimum Gasteiger partial charge on any atom is -0.508 e. The second-order valence-corrected chi connectivity index (χ2v) is 9.90. The quantitative estimate of drug-likeness (QED) is 0.199. The number of Topliss-reactive ketones (excluding diaryl/α,β-unsaturated/α-hetero) is 2. The van der Waals surface area contributed by atoms with Crippen LogP contribution in [0.5, 0.6) is 5.75 Å². The first-order valence-corrected chi connectivity index (χ1v) is 12.1. The number of phenols is 1. The van der Waals surface area contributed by atoms with Crippen LogP contribution in [0.2, 0.25) is 0 Å². The third-order valence-electron chi connectivity index (χ3n) is 7.77. The Morgan fingerprint density at radius 3 is 2.47 bits per heavy atom. The Balaban J connectivity index is 1.59. The number of rotatable bonds is 5. The number of ketones is 2. The van der Waals surface area contributed by atoms with E-state index in [0.29, 0.717) is 18.7 Å². The van der Waals surface area contributed by atoms with E-state index in [1.165, 1.54) is 6.07 Å². The van der Waals surface area contributed by atoms with Gasteiger partial charge in [0.2, 0.25) is 5.78 Å². The Kier molecular flexibility index (Phi) is 6.10. The fourth-order valence-electron chi connectivity index (χ4n) is 5.97. The molecule has 5 rings (SSSR count). The Bertz CT molecular complexity index is 1500. The number of benzene rings is 2. The molecule has 1 saturated carbocycles. The number of terminal acetylenes is 1. The van der Waals surface area contributed by atoms with Gasteiger partial charge in [-0.3, -0.25) is 14.4 Å². The molecule has 0 saturated heterocycles. The minimum atomic E-state index is -2.58. The summed E-state index contributed by atoms with van der Waals surface area (Å²) in [6, 6.07) is 10.8. The van der Waals surface area contributed by atoms with Crippen LogP contribution in [0.1, 0.15) is 29.5 Å². The molecule has 0 radical (unpaired) electrons. The van der Waals surface area contributed by atoms with Crippen LogP contribution in [0.4, 0.5) is 0 Å². The van der Waals surface area contributed by atoms with E-state index < -0.39 is 52.0 Å². The van der Waals surface area contributed by atoms with E-state index in [-0.39, 0.29) is 36.1 Å². The molecule has 2 aromatic carbocycles. The van der Waals surface area contributed by atoms with Crippen molar-refractivity contribution in [1.82, 2.24) is 5.32 Å². The summed E-state index contributed by atoms with van der Waals surface area (Å²) < 4.78 is 0. The summed E-state index contributed by atoms with van der Waals surface area (Å²) in [5, 5.41) is 47.1.